The van der Waals surface area contributed by atoms with E-state index >= 15 is 0 Å². The number of rotatable bonds is 2. The molecule has 4 nitrogen and oxygen atoms in total. The minimum atomic E-state index is 0.709. The van der Waals surface area contributed by atoms with Crippen LogP contribution in [0.5, 0.6) is 0 Å². The molecular formula is C16H14N4. The minimum absolute atomic E-state index is 0.709. The molecule has 2 heterocycles. The van der Waals surface area contributed by atoms with E-state index in [9.17, 15) is 0 Å². The topological polar surface area (TPSA) is 46.5 Å². The summed E-state index contributed by atoms with van der Waals surface area (Å²) in [6.45, 7) is 2.74. The molecule has 20 heavy (non-hydrogen) atoms. The number of nitrogens with one attached hydrogen (secondary N) is 1. The first-order valence-corrected chi connectivity index (χ1v) is 6.67. The number of hydrogen-bond acceptors (Lipinski definition) is 2. The summed E-state index contributed by atoms with van der Waals surface area (Å²) in [6, 6.07) is 16.3. The Morgan fingerprint density at radius 2 is 1.70 bits per heavy atom. The first-order valence-electron chi connectivity index (χ1n) is 6.67. The molecule has 0 amide bonds. The Labute approximate surface area is 116 Å². The van der Waals surface area contributed by atoms with Gasteiger partial charge in [0.25, 0.3) is 0 Å². The van der Waals surface area contributed by atoms with E-state index in [-0.39, 0.29) is 0 Å². The molecule has 0 spiro atoms. The predicted molar refractivity (Wildman–Crippen MR) is 79.7 cm³/mol. The van der Waals surface area contributed by atoms with Crippen LogP contribution in [0.1, 0.15) is 11.6 Å². The molecule has 1 N–H and O–H groups in total. The van der Waals surface area contributed by atoms with Crippen LogP contribution in [0.3, 0.4) is 0 Å². The van der Waals surface area contributed by atoms with E-state index in [1.165, 1.54) is 0 Å². The van der Waals surface area contributed by atoms with Gasteiger partial charge in [0.15, 0.2) is 0 Å². The summed E-state index contributed by atoms with van der Waals surface area (Å²) in [5, 5.41) is 0. The van der Waals surface area contributed by atoms with E-state index in [2.05, 4.69) is 25.6 Å². The Bertz CT molecular complexity index is 868. The molecule has 0 saturated heterocycles. The zero-order valence-electron chi connectivity index (χ0n) is 11.2. The Balaban J connectivity index is 1.82. The number of aromatic nitrogens is 4. The van der Waals surface area contributed by atoms with Crippen LogP contribution < -0.4 is 0 Å². The third kappa shape index (κ3) is 1.69. The molecule has 0 aliphatic rings. The molecule has 4 aromatic rings. The maximum absolute atomic E-state index is 4.63. The third-order valence-corrected chi connectivity index (χ3v) is 3.59. The van der Waals surface area contributed by atoms with E-state index in [4.69, 9.17) is 0 Å². The molecule has 98 valence electrons. The molecule has 4 heteroatoms. The Morgan fingerprint density at radius 3 is 2.55 bits per heavy atom. The van der Waals surface area contributed by atoms with Crippen molar-refractivity contribution in [1.82, 2.24) is 19.5 Å². The van der Waals surface area contributed by atoms with E-state index < -0.39 is 0 Å². The largest absolute Gasteiger partial charge is 0.340 e. The van der Waals surface area contributed by atoms with Crippen LogP contribution in [0.25, 0.3) is 22.1 Å². The number of aromatic amines is 1. The zero-order valence-corrected chi connectivity index (χ0v) is 11.2. The van der Waals surface area contributed by atoms with Crippen LogP contribution in [0.15, 0.2) is 48.5 Å². The number of fused-ring (bicyclic) bond motifs is 2. The van der Waals surface area contributed by atoms with Crippen LogP contribution in [0.2, 0.25) is 0 Å². The summed E-state index contributed by atoms with van der Waals surface area (Å²) in [6.07, 6.45) is 0. The normalized spacial score (nSPS) is 11.4. The fourth-order valence-electron chi connectivity index (χ4n) is 2.63. The van der Waals surface area contributed by atoms with Gasteiger partial charge in [0.2, 0.25) is 0 Å². The standard InChI is InChI=1S/C16H14N4/c1-11-17-14-8-4-5-9-15(14)20(11)10-16-18-12-6-2-3-7-13(12)19-16/h2-9H,10H2,1H3,(H,18,19). The number of para-hydroxylation sites is 4. The maximum Gasteiger partial charge on any atom is 0.127 e. The summed E-state index contributed by atoms with van der Waals surface area (Å²) < 4.78 is 2.19. The van der Waals surface area contributed by atoms with Crippen molar-refractivity contribution < 1.29 is 0 Å². The van der Waals surface area contributed by atoms with Crippen molar-refractivity contribution in [2.75, 3.05) is 0 Å². The van der Waals surface area contributed by atoms with Crippen molar-refractivity contribution in [3.05, 3.63) is 60.2 Å². The Hall–Kier alpha value is -2.62. The summed E-state index contributed by atoms with van der Waals surface area (Å²) in [4.78, 5) is 12.6. The van der Waals surface area contributed by atoms with Crippen molar-refractivity contribution in [2.24, 2.45) is 0 Å². The zero-order chi connectivity index (χ0) is 13.5. The Kier molecular flexibility index (Phi) is 2.36. The molecular weight excluding hydrogens is 248 g/mol. The van der Waals surface area contributed by atoms with Crippen molar-refractivity contribution >= 4 is 22.1 Å². The number of aryl methyl sites for hydroxylation is 1. The molecule has 0 saturated carbocycles. The molecule has 0 aliphatic carbocycles. The minimum Gasteiger partial charge on any atom is -0.340 e. The molecule has 2 aromatic carbocycles. The van der Waals surface area contributed by atoms with Gasteiger partial charge < -0.3 is 9.55 Å². The fourth-order valence-corrected chi connectivity index (χ4v) is 2.63. The second kappa shape index (κ2) is 4.20. The van der Waals surface area contributed by atoms with Gasteiger partial charge in [-0.05, 0) is 31.2 Å². The fraction of sp³-hybridized carbons (Fsp3) is 0.125. The molecule has 0 bridgehead atoms. The van der Waals surface area contributed by atoms with Gasteiger partial charge in [-0.1, -0.05) is 24.3 Å². The van der Waals surface area contributed by atoms with Crippen molar-refractivity contribution in [1.29, 1.82) is 0 Å². The SMILES string of the molecule is Cc1nc2ccccc2n1Cc1nc2ccccc2[nH]1. The predicted octanol–water partition coefficient (Wildman–Crippen LogP) is 3.27. The van der Waals surface area contributed by atoms with Gasteiger partial charge in [-0.3, -0.25) is 0 Å². The smallest absolute Gasteiger partial charge is 0.127 e. The maximum atomic E-state index is 4.63. The lowest BCUT2D eigenvalue weighted by Gasteiger charge is -2.03. The average Bonchev–Trinajstić information content (AvgIpc) is 3.00. The average molecular weight is 262 g/mol. The van der Waals surface area contributed by atoms with Crippen molar-refractivity contribution in [2.45, 2.75) is 13.5 Å². The van der Waals surface area contributed by atoms with Gasteiger partial charge in [0.05, 0.1) is 28.6 Å². The van der Waals surface area contributed by atoms with E-state index in [0.717, 1.165) is 33.7 Å². The molecule has 0 fully saturated rings. The highest BCUT2D eigenvalue weighted by molar-refractivity contribution is 5.76. The summed E-state index contributed by atoms with van der Waals surface area (Å²) >= 11 is 0. The van der Waals surface area contributed by atoms with Gasteiger partial charge in [-0.2, -0.15) is 0 Å². The van der Waals surface area contributed by atoms with Crippen molar-refractivity contribution in [3.63, 3.8) is 0 Å². The van der Waals surface area contributed by atoms with Gasteiger partial charge in [-0.15, -0.1) is 0 Å². The van der Waals surface area contributed by atoms with Crippen LogP contribution in [-0.4, -0.2) is 19.5 Å². The second-order valence-corrected chi connectivity index (χ2v) is 4.93. The molecule has 4 rings (SSSR count). The molecule has 0 atom stereocenters. The van der Waals surface area contributed by atoms with Crippen molar-refractivity contribution in [3.8, 4) is 0 Å². The van der Waals surface area contributed by atoms with Gasteiger partial charge in [0, 0.05) is 0 Å². The molecule has 0 radical (unpaired) electrons. The molecule has 0 unspecified atom stereocenters. The lowest BCUT2D eigenvalue weighted by atomic mass is 10.3. The van der Waals surface area contributed by atoms with Crippen LogP contribution >= 0.6 is 0 Å². The van der Waals surface area contributed by atoms with E-state index in [1.807, 2.05) is 49.4 Å². The van der Waals surface area contributed by atoms with Crippen LogP contribution in [0.4, 0.5) is 0 Å². The highest BCUT2D eigenvalue weighted by Crippen LogP contribution is 2.18. The third-order valence-electron chi connectivity index (χ3n) is 3.59. The second-order valence-electron chi connectivity index (χ2n) is 4.93. The summed E-state index contributed by atoms with van der Waals surface area (Å²) in [7, 11) is 0. The van der Waals surface area contributed by atoms with Crippen LogP contribution in [-0.2, 0) is 6.54 Å². The lowest BCUT2D eigenvalue weighted by molar-refractivity contribution is 0.751. The van der Waals surface area contributed by atoms with Gasteiger partial charge >= 0.3 is 0 Å². The van der Waals surface area contributed by atoms with Crippen LogP contribution in [0, 0.1) is 6.92 Å². The summed E-state index contributed by atoms with van der Waals surface area (Å²) in [5.74, 6) is 1.96. The molecule has 0 aliphatic heterocycles. The number of benzene rings is 2. The number of hydrogen-bond donors (Lipinski definition) is 1. The first kappa shape index (κ1) is 11.2. The number of imidazole rings is 2. The highest BCUT2D eigenvalue weighted by Gasteiger charge is 2.09. The quantitative estimate of drug-likeness (QED) is 0.602. The van der Waals surface area contributed by atoms with Gasteiger partial charge in [-0.25, -0.2) is 9.97 Å². The van der Waals surface area contributed by atoms with E-state index in [1.54, 1.807) is 0 Å². The molecule has 2 aromatic heterocycles. The number of H-pyrrole nitrogens is 1. The summed E-state index contributed by atoms with van der Waals surface area (Å²) in [5.41, 5.74) is 4.25. The van der Waals surface area contributed by atoms with Gasteiger partial charge in [0.1, 0.15) is 11.6 Å². The highest BCUT2D eigenvalue weighted by atomic mass is 15.1. The monoisotopic (exact) mass is 262 g/mol. The number of nitrogens with zero attached hydrogens (tertiary/aromatic N) is 3. The first-order chi connectivity index (χ1) is 9.81. The lowest BCUT2D eigenvalue weighted by Crippen LogP contribution is -2.03. The Morgan fingerprint density at radius 1 is 0.950 bits per heavy atom. The van der Waals surface area contributed by atoms with E-state index in [0.29, 0.717) is 6.54 Å².